The van der Waals surface area contributed by atoms with Crippen molar-refractivity contribution < 1.29 is 9.53 Å². The average Bonchev–Trinajstić information content (AvgIpc) is 2.91. The molecule has 0 unspecified atom stereocenters. The molecule has 6 nitrogen and oxygen atoms in total. The molecule has 0 N–H and O–H groups in total. The van der Waals surface area contributed by atoms with Crippen molar-refractivity contribution in [2.45, 2.75) is 12.8 Å². The van der Waals surface area contributed by atoms with Gasteiger partial charge in [0.1, 0.15) is 35.3 Å². The fraction of sp³-hybridized carbons (Fsp3) is 0.214. The first-order valence-corrected chi connectivity index (χ1v) is 13.6. The van der Waals surface area contributed by atoms with Crippen molar-refractivity contribution in [3.63, 3.8) is 0 Å². The molecule has 35 heavy (non-hydrogen) atoms. The molecule has 0 amide bonds. The van der Waals surface area contributed by atoms with E-state index in [1.54, 1.807) is 0 Å². The lowest BCUT2D eigenvalue weighted by Gasteiger charge is -2.27. The van der Waals surface area contributed by atoms with Crippen LogP contribution in [0.5, 0.6) is 0 Å². The van der Waals surface area contributed by atoms with Crippen LogP contribution in [0.4, 0.5) is 5.95 Å². The van der Waals surface area contributed by atoms with Crippen LogP contribution in [0, 0.1) is 0 Å². The summed E-state index contributed by atoms with van der Waals surface area (Å²) >= 11 is 0. The van der Waals surface area contributed by atoms with E-state index in [0.29, 0.717) is 30.8 Å². The van der Waals surface area contributed by atoms with Crippen molar-refractivity contribution in [3.05, 3.63) is 103 Å². The molecule has 4 aromatic rings. The number of anilines is 1. The Morgan fingerprint density at radius 2 is 1.31 bits per heavy atom. The van der Waals surface area contributed by atoms with Gasteiger partial charge in [0, 0.05) is 20.5 Å². The smallest absolute Gasteiger partial charge is 0.309 e. The lowest BCUT2D eigenvalue weighted by Crippen LogP contribution is -2.34. The van der Waals surface area contributed by atoms with E-state index in [9.17, 15) is 4.79 Å². The van der Waals surface area contributed by atoms with E-state index in [1.165, 1.54) is 22.2 Å². The molecule has 0 saturated heterocycles. The first-order valence-electron chi connectivity index (χ1n) is 11.7. The summed E-state index contributed by atoms with van der Waals surface area (Å²) < 4.78 is 5.61. The summed E-state index contributed by atoms with van der Waals surface area (Å²) in [5.74, 6) is 0.986. The molecule has 1 heterocycles. The molecule has 0 aliphatic carbocycles. The third-order valence-electron chi connectivity index (χ3n) is 5.84. The summed E-state index contributed by atoms with van der Waals surface area (Å²) in [6.45, 7) is 0.239. The first kappa shape index (κ1) is 24.5. The number of aromatic nitrogens is 3. The molecule has 4 rings (SSSR count). The predicted octanol–water partition coefficient (Wildman–Crippen LogP) is 3.41. The van der Waals surface area contributed by atoms with Crippen LogP contribution in [0.2, 0.25) is 0 Å². The summed E-state index contributed by atoms with van der Waals surface area (Å²) in [4.78, 5) is 27.4. The maximum atomic E-state index is 12.9. The Balaban J connectivity index is 1.53. The number of rotatable bonds is 10. The zero-order valence-corrected chi connectivity index (χ0v) is 21.0. The number of nitrogens with zero attached hydrogens (tertiary/aromatic N) is 4. The molecular formula is C28H30N4O2P+. The van der Waals surface area contributed by atoms with Gasteiger partial charge in [0.15, 0.2) is 0 Å². The van der Waals surface area contributed by atoms with Gasteiger partial charge in [-0.1, -0.05) is 54.6 Å². The highest BCUT2D eigenvalue weighted by atomic mass is 31.2. The fourth-order valence-corrected chi connectivity index (χ4v) is 8.36. The van der Waals surface area contributed by atoms with Gasteiger partial charge >= 0.3 is 5.97 Å². The van der Waals surface area contributed by atoms with Crippen LogP contribution in [0.15, 0.2) is 97.3 Å². The molecule has 0 saturated carbocycles. The van der Waals surface area contributed by atoms with Crippen LogP contribution in [-0.4, -0.2) is 47.8 Å². The number of esters is 1. The minimum absolute atomic E-state index is 0.209. The molecule has 0 aliphatic rings. The van der Waals surface area contributed by atoms with Gasteiger partial charge < -0.3 is 9.64 Å². The van der Waals surface area contributed by atoms with E-state index in [2.05, 4.69) is 87.7 Å². The normalized spacial score (nSPS) is 11.1. The third-order valence-corrected chi connectivity index (χ3v) is 10.3. The Labute approximate surface area is 207 Å². The molecule has 0 fully saturated rings. The van der Waals surface area contributed by atoms with Crippen LogP contribution in [-0.2, 0) is 16.0 Å². The van der Waals surface area contributed by atoms with Crippen LogP contribution >= 0.6 is 7.26 Å². The lowest BCUT2D eigenvalue weighted by atomic mass is 10.3. The molecular weight excluding hydrogens is 455 g/mol. The first-order chi connectivity index (χ1) is 17.1. The molecule has 0 bridgehead atoms. The zero-order valence-electron chi connectivity index (χ0n) is 20.1. The monoisotopic (exact) mass is 485 g/mol. The number of hydrogen-bond donors (Lipinski definition) is 0. The Morgan fingerprint density at radius 1 is 0.800 bits per heavy atom. The SMILES string of the molecule is CN(C)c1ncnc(CCOC(=O)CC[P+](c2ccccc2)(c2ccccc2)c2ccccc2)n1. The van der Waals surface area contributed by atoms with Crippen molar-refractivity contribution in [1.29, 1.82) is 0 Å². The van der Waals surface area contributed by atoms with Crippen molar-refractivity contribution in [3.8, 4) is 0 Å². The van der Waals surface area contributed by atoms with E-state index in [0.717, 1.165) is 0 Å². The summed E-state index contributed by atoms with van der Waals surface area (Å²) in [5, 5.41) is 3.77. The zero-order chi connectivity index (χ0) is 24.5. The van der Waals surface area contributed by atoms with Crippen molar-refractivity contribution in [1.82, 2.24) is 15.0 Å². The molecule has 178 valence electrons. The second-order valence-electron chi connectivity index (χ2n) is 8.36. The van der Waals surface area contributed by atoms with E-state index in [1.807, 2.05) is 37.2 Å². The van der Waals surface area contributed by atoms with Crippen molar-refractivity contribution >= 4 is 35.1 Å². The van der Waals surface area contributed by atoms with Crippen molar-refractivity contribution in [2.75, 3.05) is 31.8 Å². The highest BCUT2D eigenvalue weighted by molar-refractivity contribution is 7.95. The Bertz CT molecular complexity index is 1120. The van der Waals surface area contributed by atoms with Crippen LogP contribution in [0.3, 0.4) is 0 Å². The van der Waals surface area contributed by atoms with Gasteiger partial charge in [0.05, 0.1) is 19.2 Å². The van der Waals surface area contributed by atoms with E-state index in [-0.39, 0.29) is 12.6 Å². The van der Waals surface area contributed by atoms with Crippen molar-refractivity contribution in [2.24, 2.45) is 0 Å². The lowest BCUT2D eigenvalue weighted by molar-refractivity contribution is -0.143. The fourth-order valence-electron chi connectivity index (χ4n) is 4.13. The maximum Gasteiger partial charge on any atom is 0.309 e. The van der Waals surface area contributed by atoms with Gasteiger partial charge in [-0.15, -0.1) is 0 Å². The quantitative estimate of drug-likeness (QED) is 0.253. The Kier molecular flexibility index (Phi) is 8.17. The van der Waals surface area contributed by atoms with Crippen LogP contribution in [0.25, 0.3) is 0 Å². The Morgan fingerprint density at radius 3 is 1.80 bits per heavy atom. The molecule has 0 radical (unpaired) electrons. The topological polar surface area (TPSA) is 68.2 Å². The summed E-state index contributed by atoms with van der Waals surface area (Å²) in [6.07, 6.45) is 2.95. The second kappa shape index (κ2) is 11.7. The third kappa shape index (κ3) is 5.90. The maximum absolute atomic E-state index is 12.9. The average molecular weight is 486 g/mol. The summed E-state index contributed by atoms with van der Waals surface area (Å²) in [6, 6.07) is 31.6. The van der Waals surface area contributed by atoms with E-state index in [4.69, 9.17) is 4.74 Å². The Hall–Kier alpha value is -3.63. The number of carbonyl (C=O) groups is 1. The number of hydrogen-bond acceptors (Lipinski definition) is 6. The highest BCUT2D eigenvalue weighted by Gasteiger charge is 2.45. The van der Waals surface area contributed by atoms with Gasteiger partial charge in [0.25, 0.3) is 0 Å². The number of benzene rings is 3. The minimum Gasteiger partial charge on any atom is -0.465 e. The van der Waals surface area contributed by atoms with E-state index < -0.39 is 7.26 Å². The molecule has 0 spiro atoms. The van der Waals surface area contributed by atoms with E-state index >= 15 is 0 Å². The van der Waals surface area contributed by atoms with Gasteiger partial charge in [-0.25, -0.2) is 9.97 Å². The molecule has 3 aromatic carbocycles. The minimum atomic E-state index is -2.05. The van der Waals surface area contributed by atoms with Crippen LogP contribution in [0.1, 0.15) is 12.2 Å². The standard InChI is InChI=1S/C28H30N4O2P/c1-32(2)28-30-22-29-26(31-28)18-20-34-27(33)19-21-35(23-12-6-3-7-13-23,24-14-8-4-9-15-24)25-16-10-5-11-17-25/h3-17,22H,18-21H2,1-2H3/q+1. The van der Waals surface area contributed by atoms with Gasteiger partial charge in [-0.2, -0.15) is 4.98 Å². The second-order valence-corrected chi connectivity index (χ2v) is 12.0. The predicted molar refractivity (Wildman–Crippen MR) is 143 cm³/mol. The summed E-state index contributed by atoms with van der Waals surface area (Å²) in [7, 11) is 1.70. The molecule has 7 heteroatoms. The van der Waals surface area contributed by atoms with Gasteiger partial charge in [0.2, 0.25) is 5.95 Å². The van der Waals surface area contributed by atoms with Gasteiger partial charge in [-0.05, 0) is 36.4 Å². The summed E-state index contributed by atoms with van der Waals surface area (Å²) in [5.41, 5.74) is 0. The van der Waals surface area contributed by atoms with Gasteiger partial charge in [-0.3, -0.25) is 4.79 Å². The molecule has 0 atom stereocenters. The molecule has 0 aliphatic heterocycles. The highest BCUT2D eigenvalue weighted by Crippen LogP contribution is 2.55. The largest absolute Gasteiger partial charge is 0.465 e. The molecule has 1 aromatic heterocycles. The number of carbonyl (C=O) groups excluding carboxylic acids is 1. The number of ether oxygens (including phenoxy) is 1. The van der Waals surface area contributed by atoms with Crippen LogP contribution < -0.4 is 20.8 Å².